The van der Waals surface area contributed by atoms with E-state index < -0.39 is 24.2 Å². The van der Waals surface area contributed by atoms with Crippen LogP contribution in [0.4, 0.5) is 0 Å². The van der Waals surface area contributed by atoms with Gasteiger partial charge in [-0.3, -0.25) is 4.79 Å². The first kappa shape index (κ1) is 61.8. The van der Waals surface area contributed by atoms with Crippen LogP contribution in [-0.2, 0) is 4.79 Å². The summed E-state index contributed by atoms with van der Waals surface area (Å²) in [5, 5.41) is 33.4. The van der Waals surface area contributed by atoms with Crippen LogP contribution in [-0.4, -0.2) is 46.1 Å². The smallest absolute Gasteiger partial charge is 0.249 e. The number of hydrogen-bond acceptors (Lipinski definition) is 4. The fraction of sp³-hybridized carbons (Fsp3) is 0.914. The average molecular weight is 889 g/mol. The molecule has 63 heavy (non-hydrogen) atoms. The molecule has 3 atom stereocenters. The Kier molecular flexibility index (Phi) is 52.5. The van der Waals surface area contributed by atoms with E-state index in [0.29, 0.717) is 6.42 Å². The quantitative estimate of drug-likeness (QED) is 0.0362. The monoisotopic (exact) mass is 888 g/mol. The molecule has 5 nitrogen and oxygen atoms in total. The van der Waals surface area contributed by atoms with E-state index in [1.165, 1.54) is 263 Å². The van der Waals surface area contributed by atoms with Gasteiger partial charge in [-0.25, -0.2) is 0 Å². The summed E-state index contributed by atoms with van der Waals surface area (Å²) in [5.41, 5.74) is 0. The highest BCUT2D eigenvalue weighted by molar-refractivity contribution is 5.80. The molecule has 0 spiro atoms. The lowest BCUT2D eigenvalue weighted by Gasteiger charge is -2.21. The van der Waals surface area contributed by atoms with E-state index in [-0.39, 0.29) is 6.61 Å². The number of unbranched alkanes of at least 4 members (excludes halogenated alkanes) is 43. The van der Waals surface area contributed by atoms with Gasteiger partial charge in [0.1, 0.15) is 6.10 Å². The molecule has 0 bridgehead atoms. The zero-order valence-corrected chi connectivity index (χ0v) is 42.7. The molecule has 0 saturated carbocycles. The maximum Gasteiger partial charge on any atom is 0.249 e. The first-order chi connectivity index (χ1) is 31.1. The molecule has 1 amide bonds. The Balaban J connectivity index is 3.56. The van der Waals surface area contributed by atoms with E-state index in [0.717, 1.165) is 32.1 Å². The zero-order valence-electron chi connectivity index (χ0n) is 42.7. The first-order valence-corrected chi connectivity index (χ1v) is 28.7. The summed E-state index contributed by atoms with van der Waals surface area (Å²) in [6.45, 7) is 4.22. The van der Waals surface area contributed by atoms with Crippen molar-refractivity contribution in [2.45, 2.75) is 334 Å². The lowest BCUT2D eigenvalue weighted by molar-refractivity contribution is -0.131. The lowest BCUT2D eigenvalue weighted by Crippen LogP contribution is -2.48. The van der Waals surface area contributed by atoms with Gasteiger partial charge in [0.2, 0.25) is 5.91 Å². The summed E-state index contributed by atoms with van der Waals surface area (Å²) in [5.74, 6) is -0.499. The highest BCUT2D eigenvalue weighted by atomic mass is 16.3. The van der Waals surface area contributed by atoms with E-state index in [2.05, 4.69) is 31.3 Å². The molecule has 0 aromatic heterocycles. The highest BCUT2D eigenvalue weighted by Crippen LogP contribution is 2.17. The van der Waals surface area contributed by atoms with Crippen molar-refractivity contribution in [3.63, 3.8) is 0 Å². The van der Waals surface area contributed by atoms with Crippen molar-refractivity contribution in [1.82, 2.24) is 5.32 Å². The van der Waals surface area contributed by atoms with Crippen LogP contribution < -0.4 is 5.32 Å². The van der Waals surface area contributed by atoms with Gasteiger partial charge in [0, 0.05) is 0 Å². The molecule has 0 aliphatic rings. The van der Waals surface area contributed by atoms with Crippen LogP contribution in [0.15, 0.2) is 24.3 Å². The number of rotatable bonds is 53. The SMILES string of the molecule is CCCCCCCCCCCCCC/C=C\CCCCCCCCCCCCCC(O)C(=O)NC(CO)C(O)/C=C/CCCCCCCCCCCCCCCCCCCCCC. The van der Waals surface area contributed by atoms with E-state index in [1.54, 1.807) is 6.08 Å². The van der Waals surface area contributed by atoms with Crippen LogP contribution in [0.25, 0.3) is 0 Å². The number of aliphatic hydroxyl groups excluding tert-OH is 3. The predicted octanol–water partition coefficient (Wildman–Crippen LogP) is 17.7. The first-order valence-electron chi connectivity index (χ1n) is 28.7. The second-order valence-corrected chi connectivity index (χ2v) is 19.9. The van der Waals surface area contributed by atoms with Crippen molar-refractivity contribution in [3.8, 4) is 0 Å². The summed E-state index contributed by atoms with van der Waals surface area (Å²) in [6, 6.07) is -0.797. The molecule has 0 aromatic rings. The molecule has 0 saturated heterocycles. The molecule has 374 valence electrons. The summed E-state index contributed by atoms with van der Waals surface area (Å²) in [4.78, 5) is 12.6. The third-order valence-corrected chi connectivity index (χ3v) is 13.5. The molecule has 3 unspecified atom stereocenters. The molecule has 0 rings (SSSR count). The fourth-order valence-electron chi connectivity index (χ4n) is 9.07. The Morgan fingerprint density at radius 3 is 0.921 bits per heavy atom. The Labute approximate surface area is 394 Å². The maximum absolute atomic E-state index is 12.6. The largest absolute Gasteiger partial charge is 0.394 e. The Hall–Kier alpha value is -1.17. The van der Waals surface area contributed by atoms with Gasteiger partial charge in [-0.05, 0) is 44.9 Å². The number of hydrogen-bond donors (Lipinski definition) is 4. The van der Waals surface area contributed by atoms with Crippen LogP contribution in [0.5, 0.6) is 0 Å². The Morgan fingerprint density at radius 1 is 0.381 bits per heavy atom. The number of aliphatic hydroxyl groups is 3. The molecule has 0 radical (unpaired) electrons. The lowest BCUT2D eigenvalue weighted by atomic mass is 10.0. The molecular formula is C58H113NO4. The van der Waals surface area contributed by atoms with Gasteiger partial charge in [-0.2, -0.15) is 0 Å². The molecular weight excluding hydrogens is 775 g/mol. The minimum Gasteiger partial charge on any atom is -0.394 e. The highest BCUT2D eigenvalue weighted by Gasteiger charge is 2.22. The van der Waals surface area contributed by atoms with Gasteiger partial charge in [-0.15, -0.1) is 0 Å². The molecule has 0 fully saturated rings. The van der Waals surface area contributed by atoms with Crippen LogP contribution in [0.2, 0.25) is 0 Å². The molecule has 0 aliphatic heterocycles. The Morgan fingerprint density at radius 2 is 0.635 bits per heavy atom. The molecule has 0 aliphatic carbocycles. The standard InChI is InChI=1S/C58H113NO4/c1-3-5-7-9-11-13-15-17-19-21-23-25-27-28-29-30-31-33-35-37-39-41-43-45-47-49-51-53-57(62)58(63)59-55(54-60)56(61)52-50-48-46-44-42-40-38-36-34-32-26-24-22-20-18-16-14-12-10-8-6-4-2/h28-29,50,52,55-57,60-62H,3-27,30-49,51,53-54H2,1-2H3,(H,59,63)/b29-28-,52-50+. The minimum atomic E-state index is -1.10. The van der Waals surface area contributed by atoms with Gasteiger partial charge in [-0.1, -0.05) is 295 Å². The van der Waals surface area contributed by atoms with E-state index in [4.69, 9.17) is 0 Å². The van der Waals surface area contributed by atoms with Gasteiger partial charge < -0.3 is 20.6 Å². The van der Waals surface area contributed by atoms with Crippen molar-refractivity contribution in [2.75, 3.05) is 6.61 Å². The molecule has 4 N–H and O–H groups in total. The summed E-state index contributed by atoms with van der Waals surface area (Å²) in [6.07, 6.45) is 68.3. The molecule has 5 heteroatoms. The van der Waals surface area contributed by atoms with Crippen molar-refractivity contribution in [3.05, 3.63) is 24.3 Å². The summed E-state index contributed by atoms with van der Waals surface area (Å²) in [7, 11) is 0. The second-order valence-electron chi connectivity index (χ2n) is 19.9. The normalized spacial score (nSPS) is 13.4. The zero-order chi connectivity index (χ0) is 45.8. The number of amides is 1. The van der Waals surface area contributed by atoms with Crippen LogP contribution >= 0.6 is 0 Å². The van der Waals surface area contributed by atoms with E-state index >= 15 is 0 Å². The fourth-order valence-corrected chi connectivity index (χ4v) is 9.07. The van der Waals surface area contributed by atoms with Crippen molar-refractivity contribution in [2.24, 2.45) is 0 Å². The van der Waals surface area contributed by atoms with Crippen molar-refractivity contribution >= 4 is 5.91 Å². The summed E-state index contributed by atoms with van der Waals surface area (Å²) < 4.78 is 0. The number of carbonyl (C=O) groups is 1. The van der Waals surface area contributed by atoms with Crippen LogP contribution in [0.3, 0.4) is 0 Å². The van der Waals surface area contributed by atoms with E-state index in [1.807, 2.05) is 6.08 Å². The predicted molar refractivity (Wildman–Crippen MR) is 278 cm³/mol. The Bertz CT molecular complexity index is 936. The van der Waals surface area contributed by atoms with Crippen LogP contribution in [0, 0.1) is 0 Å². The topological polar surface area (TPSA) is 89.8 Å². The van der Waals surface area contributed by atoms with Gasteiger partial charge in [0.25, 0.3) is 0 Å². The van der Waals surface area contributed by atoms with Crippen molar-refractivity contribution in [1.29, 1.82) is 0 Å². The average Bonchev–Trinajstić information content (AvgIpc) is 3.29. The van der Waals surface area contributed by atoms with Crippen LogP contribution in [0.1, 0.15) is 316 Å². The third-order valence-electron chi connectivity index (χ3n) is 13.5. The van der Waals surface area contributed by atoms with E-state index in [9.17, 15) is 20.1 Å². The van der Waals surface area contributed by atoms with Gasteiger partial charge >= 0.3 is 0 Å². The summed E-state index contributed by atoms with van der Waals surface area (Å²) >= 11 is 0. The van der Waals surface area contributed by atoms with Crippen molar-refractivity contribution < 1.29 is 20.1 Å². The molecule has 0 aromatic carbocycles. The number of allylic oxidation sites excluding steroid dienone is 3. The van der Waals surface area contributed by atoms with Gasteiger partial charge in [0.15, 0.2) is 0 Å². The third kappa shape index (κ3) is 48.6. The maximum atomic E-state index is 12.6. The number of nitrogens with one attached hydrogen (secondary N) is 1. The minimum absolute atomic E-state index is 0.361. The van der Waals surface area contributed by atoms with Gasteiger partial charge in [0.05, 0.1) is 18.8 Å². The molecule has 0 heterocycles. The number of carbonyl (C=O) groups excluding carboxylic acids is 1. The second kappa shape index (κ2) is 53.4.